The highest BCUT2D eigenvalue weighted by Crippen LogP contribution is 2.29. The van der Waals surface area contributed by atoms with Crippen LogP contribution in [0, 0.1) is 0 Å². The molecular formula is C17H23F3IN5O2. The Balaban J connectivity index is 0.00000392. The number of guanidine groups is 1. The van der Waals surface area contributed by atoms with Crippen LogP contribution in [0.3, 0.4) is 0 Å². The van der Waals surface area contributed by atoms with Crippen molar-refractivity contribution in [2.24, 2.45) is 4.99 Å². The number of rotatable bonds is 7. The fraction of sp³-hybridized carbons (Fsp3) is 0.471. The van der Waals surface area contributed by atoms with E-state index in [1.54, 1.807) is 7.05 Å². The van der Waals surface area contributed by atoms with Crippen LogP contribution in [0.4, 0.5) is 13.2 Å². The van der Waals surface area contributed by atoms with Gasteiger partial charge in [-0.1, -0.05) is 19.0 Å². The molecule has 2 N–H and O–H groups in total. The first-order valence-electron chi connectivity index (χ1n) is 8.35. The van der Waals surface area contributed by atoms with Gasteiger partial charge in [-0.05, 0) is 12.0 Å². The number of nitrogens with one attached hydrogen (secondary N) is 2. The Morgan fingerprint density at radius 1 is 1.29 bits per heavy atom. The SMILES string of the molecule is CN=C(NCCOc1ccc(C(F)(F)F)cn1)NCc1cc(C(C)C)no1.I. The molecule has 0 fully saturated rings. The average molecular weight is 513 g/mol. The number of hydrogen-bond acceptors (Lipinski definition) is 5. The predicted octanol–water partition coefficient (Wildman–Crippen LogP) is 3.57. The molecule has 2 aromatic heterocycles. The topological polar surface area (TPSA) is 84.6 Å². The normalized spacial score (nSPS) is 11.9. The molecule has 0 aromatic carbocycles. The van der Waals surface area contributed by atoms with E-state index < -0.39 is 11.7 Å². The van der Waals surface area contributed by atoms with Crippen LogP contribution >= 0.6 is 24.0 Å². The van der Waals surface area contributed by atoms with E-state index in [-0.39, 0.29) is 42.4 Å². The summed E-state index contributed by atoms with van der Waals surface area (Å²) in [5.74, 6) is 1.62. The van der Waals surface area contributed by atoms with Gasteiger partial charge in [-0.15, -0.1) is 24.0 Å². The van der Waals surface area contributed by atoms with Gasteiger partial charge in [0, 0.05) is 25.4 Å². The average Bonchev–Trinajstić information content (AvgIpc) is 3.10. The third kappa shape index (κ3) is 7.52. The second-order valence-corrected chi connectivity index (χ2v) is 5.96. The molecule has 2 aromatic rings. The molecule has 2 heterocycles. The number of aromatic nitrogens is 2. The molecule has 11 heteroatoms. The highest BCUT2D eigenvalue weighted by molar-refractivity contribution is 14.0. The molecule has 0 aliphatic heterocycles. The van der Waals surface area contributed by atoms with Crippen LogP contribution in [0.5, 0.6) is 5.88 Å². The van der Waals surface area contributed by atoms with E-state index in [1.165, 1.54) is 6.07 Å². The Morgan fingerprint density at radius 3 is 2.57 bits per heavy atom. The summed E-state index contributed by atoms with van der Waals surface area (Å²) in [6.45, 7) is 5.07. The van der Waals surface area contributed by atoms with Gasteiger partial charge >= 0.3 is 6.18 Å². The molecule has 2 rings (SSSR count). The van der Waals surface area contributed by atoms with Gasteiger partial charge in [0.05, 0.1) is 24.3 Å². The van der Waals surface area contributed by atoms with Crippen molar-refractivity contribution in [2.75, 3.05) is 20.2 Å². The Labute approximate surface area is 178 Å². The van der Waals surface area contributed by atoms with Gasteiger partial charge in [0.15, 0.2) is 11.7 Å². The summed E-state index contributed by atoms with van der Waals surface area (Å²) in [7, 11) is 1.62. The van der Waals surface area contributed by atoms with Crippen LogP contribution in [-0.2, 0) is 12.7 Å². The first kappa shape index (κ1) is 24.0. The summed E-state index contributed by atoms with van der Waals surface area (Å²) in [4.78, 5) is 7.70. The lowest BCUT2D eigenvalue weighted by molar-refractivity contribution is -0.137. The first-order chi connectivity index (χ1) is 12.8. The van der Waals surface area contributed by atoms with Gasteiger partial charge in [-0.2, -0.15) is 13.2 Å². The van der Waals surface area contributed by atoms with E-state index in [0.717, 1.165) is 18.0 Å². The van der Waals surface area contributed by atoms with Crippen LogP contribution in [-0.4, -0.2) is 36.3 Å². The molecule has 0 amide bonds. The van der Waals surface area contributed by atoms with Crippen molar-refractivity contribution >= 4 is 29.9 Å². The number of nitrogens with zero attached hydrogens (tertiary/aromatic N) is 3. The lowest BCUT2D eigenvalue weighted by Gasteiger charge is -2.11. The summed E-state index contributed by atoms with van der Waals surface area (Å²) in [6, 6.07) is 4.00. The van der Waals surface area contributed by atoms with E-state index in [9.17, 15) is 13.2 Å². The quantitative estimate of drug-likeness (QED) is 0.255. The summed E-state index contributed by atoms with van der Waals surface area (Å²) >= 11 is 0. The van der Waals surface area contributed by atoms with Crippen molar-refractivity contribution in [3.63, 3.8) is 0 Å². The maximum Gasteiger partial charge on any atom is 0.417 e. The standard InChI is InChI=1S/C17H22F3N5O2.HI/c1-11(2)14-8-13(27-25-14)10-24-16(21-3)22-6-7-26-15-5-4-12(9-23-15)17(18,19)20;/h4-5,8-9,11H,6-7,10H2,1-3H3,(H2,21,22,24);1H. The van der Waals surface area contributed by atoms with E-state index in [0.29, 0.717) is 24.8 Å². The fourth-order valence-electron chi connectivity index (χ4n) is 2.03. The molecule has 0 atom stereocenters. The molecule has 156 valence electrons. The second kappa shape index (κ2) is 11.1. The fourth-order valence-corrected chi connectivity index (χ4v) is 2.03. The number of halogens is 4. The Kier molecular flexibility index (Phi) is 9.49. The summed E-state index contributed by atoms with van der Waals surface area (Å²) < 4.78 is 47.9. The monoisotopic (exact) mass is 513 g/mol. The van der Waals surface area contributed by atoms with Gasteiger partial charge in [0.1, 0.15) is 6.61 Å². The molecule has 7 nitrogen and oxygen atoms in total. The Hall–Kier alpha value is -2.05. The molecule has 0 radical (unpaired) electrons. The first-order valence-corrected chi connectivity index (χ1v) is 8.35. The molecule has 0 saturated carbocycles. The van der Waals surface area contributed by atoms with Gasteiger partial charge in [0.25, 0.3) is 0 Å². The summed E-state index contributed by atoms with van der Waals surface area (Å²) in [6.07, 6.45) is -3.67. The number of hydrogen-bond donors (Lipinski definition) is 2. The Morgan fingerprint density at radius 2 is 2.04 bits per heavy atom. The molecule has 0 bridgehead atoms. The molecule has 0 aliphatic rings. The summed E-state index contributed by atoms with van der Waals surface area (Å²) in [5.41, 5.74) is 0.0674. The van der Waals surface area contributed by atoms with Crippen LogP contribution in [0.1, 0.15) is 36.8 Å². The predicted molar refractivity (Wildman–Crippen MR) is 109 cm³/mol. The van der Waals surface area contributed by atoms with E-state index >= 15 is 0 Å². The maximum absolute atomic E-state index is 12.5. The lowest BCUT2D eigenvalue weighted by Crippen LogP contribution is -2.38. The van der Waals surface area contributed by atoms with Crippen molar-refractivity contribution in [3.8, 4) is 5.88 Å². The minimum absolute atomic E-state index is 0. The van der Waals surface area contributed by atoms with E-state index in [4.69, 9.17) is 9.26 Å². The van der Waals surface area contributed by atoms with Crippen molar-refractivity contribution in [2.45, 2.75) is 32.5 Å². The van der Waals surface area contributed by atoms with Gasteiger partial charge in [-0.25, -0.2) is 4.98 Å². The maximum atomic E-state index is 12.5. The molecule has 0 spiro atoms. The number of aliphatic imine (C=N–C) groups is 1. The molecular weight excluding hydrogens is 490 g/mol. The van der Waals surface area contributed by atoms with E-state index in [1.807, 2.05) is 19.9 Å². The van der Waals surface area contributed by atoms with Crippen LogP contribution in [0.15, 0.2) is 33.9 Å². The number of ether oxygens (including phenoxy) is 1. The minimum Gasteiger partial charge on any atom is -0.476 e. The van der Waals surface area contributed by atoms with Gasteiger partial charge in [0.2, 0.25) is 5.88 Å². The molecule has 0 unspecified atom stereocenters. The van der Waals surface area contributed by atoms with E-state index in [2.05, 4.69) is 25.8 Å². The van der Waals surface area contributed by atoms with Crippen molar-refractivity contribution in [1.29, 1.82) is 0 Å². The van der Waals surface area contributed by atoms with Crippen molar-refractivity contribution < 1.29 is 22.4 Å². The lowest BCUT2D eigenvalue weighted by atomic mass is 10.1. The Bertz CT molecular complexity index is 748. The third-order valence-corrected chi connectivity index (χ3v) is 3.53. The smallest absolute Gasteiger partial charge is 0.417 e. The summed E-state index contributed by atoms with van der Waals surface area (Å²) in [5, 5.41) is 10.1. The van der Waals surface area contributed by atoms with Gasteiger partial charge < -0.3 is 19.9 Å². The van der Waals surface area contributed by atoms with Crippen molar-refractivity contribution in [3.05, 3.63) is 41.4 Å². The number of pyridine rings is 1. The third-order valence-electron chi connectivity index (χ3n) is 3.53. The minimum atomic E-state index is -4.41. The highest BCUT2D eigenvalue weighted by atomic mass is 127. The molecule has 28 heavy (non-hydrogen) atoms. The highest BCUT2D eigenvalue weighted by Gasteiger charge is 2.30. The van der Waals surface area contributed by atoms with Crippen LogP contribution in [0.25, 0.3) is 0 Å². The van der Waals surface area contributed by atoms with Crippen molar-refractivity contribution in [1.82, 2.24) is 20.8 Å². The molecule has 0 aliphatic carbocycles. The second-order valence-electron chi connectivity index (χ2n) is 5.96. The zero-order chi connectivity index (χ0) is 19.9. The molecule has 0 saturated heterocycles. The zero-order valence-corrected chi connectivity index (χ0v) is 18.0. The van der Waals surface area contributed by atoms with Gasteiger partial charge in [-0.3, -0.25) is 4.99 Å². The van der Waals surface area contributed by atoms with Crippen LogP contribution in [0.2, 0.25) is 0 Å². The van der Waals surface area contributed by atoms with Crippen LogP contribution < -0.4 is 15.4 Å². The zero-order valence-electron chi connectivity index (χ0n) is 15.7. The number of alkyl halides is 3. The largest absolute Gasteiger partial charge is 0.476 e.